The van der Waals surface area contributed by atoms with Crippen LogP contribution in [0.25, 0.3) is 22.3 Å². The molecule has 0 saturated heterocycles. The van der Waals surface area contributed by atoms with Crippen LogP contribution in [0.1, 0.15) is 31.2 Å². The average molecular weight is 385 g/mol. The Bertz CT molecular complexity index is 1110. The van der Waals surface area contributed by atoms with Gasteiger partial charge in [-0.15, -0.1) is 0 Å². The lowest BCUT2D eigenvalue weighted by Crippen LogP contribution is -2.18. The van der Waals surface area contributed by atoms with E-state index >= 15 is 0 Å². The predicted molar refractivity (Wildman–Crippen MR) is 113 cm³/mol. The molecule has 0 fully saturated rings. The normalized spacial score (nSPS) is 13.2. The number of nitrogens with zero attached hydrogens (tertiary/aromatic N) is 6. The number of anilines is 1. The van der Waals surface area contributed by atoms with Gasteiger partial charge in [-0.3, -0.25) is 9.97 Å². The van der Waals surface area contributed by atoms with Crippen molar-refractivity contribution in [2.45, 2.75) is 26.7 Å². The first-order chi connectivity index (χ1) is 14.1. The first-order valence-corrected chi connectivity index (χ1v) is 9.66. The van der Waals surface area contributed by atoms with Gasteiger partial charge in [-0.2, -0.15) is 0 Å². The number of rotatable bonds is 6. The van der Waals surface area contributed by atoms with Gasteiger partial charge in [-0.25, -0.2) is 19.9 Å². The molecule has 7 heteroatoms. The van der Waals surface area contributed by atoms with Crippen LogP contribution in [0.3, 0.4) is 0 Å². The molecule has 29 heavy (non-hydrogen) atoms. The van der Waals surface area contributed by atoms with E-state index in [1.165, 1.54) is 5.56 Å². The van der Waals surface area contributed by atoms with E-state index in [1.807, 2.05) is 37.5 Å². The molecule has 1 N–H and O–H groups in total. The van der Waals surface area contributed by atoms with Crippen LogP contribution >= 0.6 is 0 Å². The van der Waals surface area contributed by atoms with Crippen LogP contribution in [0.15, 0.2) is 55.4 Å². The van der Waals surface area contributed by atoms with Crippen molar-refractivity contribution < 1.29 is 0 Å². The van der Waals surface area contributed by atoms with Crippen LogP contribution in [0, 0.1) is 12.8 Å². The van der Waals surface area contributed by atoms with E-state index in [1.54, 1.807) is 18.7 Å². The van der Waals surface area contributed by atoms with Gasteiger partial charge in [-0.1, -0.05) is 13.8 Å². The summed E-state index contributed by atoms with van der Waals surface area (Å²) in [5.41, 5.74) is 4.78. The number of pyridine rings is 2. The van der Waals surface area contributed by atoms with Crippen LogP contribution in [0.5, 0.6) is 0 Å². The van der Waals surface area contributed by atoms with Crippen molar-refractivity contribution in [3.05, 3.63) is 66.8 Å². The highest BCUT2D eigenvalue weighted by molar-refractivity contribution is 5.77. The molecule has 0 bridgehead atoms. The summed E-state index contributed by atoms with van der Waals surface area (Å²) in [5.74, 6) is 2.20. The second-order valence-corrected chi connectivity index (χ2v) is 7.23. The van der Waals surface area contributed by atoms with Gasteiger partial charge in [0.25, 0.3) is 0 Å². The second-order valence-electron chi connectivity index (χ2n) is 7.23. The van der Waals surface area contributed by atoms with E-state index in [0.29, 0.717) is 11.8 Å². The zero-order valence-electron chi connectivity index (χ0n) is 16.7. The molecule has 0 amide bonds. The minimum atomic E-state index is 0.315. The van der Waals surface area contributed by atoms with Crippen molar-refractivity contribution in [2.24, 2.45) is 5.92 Å². The third-order valence-corrected chi connectivity index (χ3v) is 5.22. The van der Waals surface area contributed by atoms with Crippen LogP contribution in [0.2, 0.25) is 0 Å². The molecule has 4 rings (SSSR count). The topological polar surface area (TPSA) is 89.4 Å². The van der Waals surface area contributed by atoms with Crippen molar-refractivity contribution in [1.29, 1.82) is 0 Å². The Kier molecular flexibility index (Phi) is 5.37. The highest BCUT2D eigenvalue weighted by atomic mass is 15.0. The van der Waals surface area contributed by atoms with Gasteiger partial charge in [0.2, 0.25) is 0 Å². The summed E-state index contributed by atoms with van der Waals surface area (Å²) in [6, 6.07) is 7.91. The summed E-state index contributed by atoms with van der Waals surface area (Å²) in [7, 11) is 0. The fourth-order valence-electron chi connectivity index (χ4n) is 3.25. The van der Waals surface area contributed by atoms with Crippen molar-refractivity contribution in [2.75, 3.05) is 11.9 Å². The van der Waals surface area contributed by atoms with Crippen molar-refractivity contribution in [3.63, 3.8) is 0 Å². The van der Waals surface area contributed by atoms with Crippen LogP contribution in [-0.2, 0) is 0 Å². The molecule has 146 valence electrons. The van der Waals surface area contributed by atoms with Gasteiger partial charge < -0.3 is 5.32 Å². The fourth-order valence-corrected chi connectivity index (χ4v) is 3.25. The molecule has 0 aliphatic heterocycles. The molecular formula is C22H23N7. The van der Waals surface area contributed by atoms with Crippen LogP contribution in [0.4, 0.5) is 5.82 Å². The number of hydrogen-bond acceptors (Lipinski definition) is 7. The maximum atomic E-state index is 4.54. The smallest absolute Gasteiger partial charge is 0.129 e. The summed E-state index contributed by atoms with van der Waals surface area (Å²) >= 11 is 0. The van der Waals surface area contributed by atoms with E-state index in [-0.39, 0.29) is 0 Å². The maximum Gasteiger partial charge on any atom is 0.129 e. The molecular weight excluding hydrogens is 362 g/mol. The SMILES string of the molecule is Cc1ncc(-c2cc(NC[C@@H](C)C(C)c3ccnc4cccnc34)ncn2)cn1. The predicted octanol–water partition coefficient (Wildman–Crippen LogP) is 4.04. The van der Waals surface area contributed by atoms with Gasteiger partial charge >= 0.3 is 0 Å². The highest BCUT2D eigenvalue weighted by Crippen LogP contribution is 2.28. The summed E-state index contributed by atoms with van der Waals surface area (Å²) in [6.45, 7) is 7.09. The second kappa shape index (κ2) is 8.26. The molecule has 0 aromatic carbocycles. The Morgan fingerprint density at radius 2 is 1.76 bits per heavy atom. The molecule has 4 aromatic rings. The minimum absolute atomic E-state index is 0.315. The first-order valence-electron chi connectivity index (χ1n) is 9.66. The molecule has 4 aromatic heterocycles. The Hall–Kier alpha value is -3.48. The van der Waals surface area contributed by atoms with Gasteiger partial charge in [0.05, 0.1) is 16.7 Å². The lowest BCUT2D eigenvalue weighted by Gasteiger charge is -2.22. The minimum Gasteiger partial charge on any atom is -0.370 e. The number of hydrogen-bond donors (Lipinski definition) is 1. The Balaban J connectivity index is 1.47. The van der Waals surface area contributed by atoms with Gasteiger partial charge in [0.1, 0.15) is 18.0 Å². The highest BCUT2D eigenvalue weighted by Gasteiger charge is 2.18. The molecule has 0 spiro atoms. The average Bonchev–Trinajstić information content (AvgIpc) is 2.77. The van der Waals surface area contributed by atoms with E-state index in [9.17, 15) is 0 Å². The van der Waals surface area contributed by atoms with Crippen LogP contribution < -0.4 is 5.32 Å². The Morgan fingerprint density at radius 3 is 2.59 bits per heavy atom. The summed E-state index contributed by atoms with van der Waals surface area (Å²) in [6.07, 6.45) is 8.80. The number of aryl methyl sites for hydroxylation is 1. The largest absolute Gasteiger partial charge is 0.370 e. The zero-order valence-corrected chi connectivity index (χ0v) is 16.7. The van der Waals surface area contributed by atoms with Crippen molar-refractivity contribution in [1.82, 2.24) is 29.9 Å². The summed E-state index contributed by atoms with van der Waals surface area (Å²) in [4.78, 5) is 26.1. The van der Waals surface area contributed by atoms with E-state index in [2.05, 4.69) is 55.1 Å². The third kappa shape index (κ3) is 4.18. The van der Waals surface area contributed by atoms with Crippen molar-refractivity contribution in [3.8, 4) is 11.3 Å². The maximum absolute atomic E-state index is 4.54. The van der Waals surface area contributed by atoms with Gasteiger partial charge in [0.15, 0.2) is 0 Å². The first kappa shape index (κ1) is 18.9. The number of fused-ring (bicyclic) bond motifs is 1. The lowest BCUT2D eigenvalue weighted by molar-refractivity contribution is 0.513. The van der Waals surface area contributed by atoms with Gasteiger partial charge in [0, 0.05) is 43.0 Å². The van der Waals surface area contributed by atoms with E-state index < -0.39 is 0 Å². The third-order valence-electron chi connectivity index (χ3n) is 5.22. The standard InChI is InChI=1S/C22H23N7/c1-14(15(2)18-6-8-23-19-5-4-7-24-22(18)19)10-27-21-9-20(28-13-29-21)17-11-25-16(3)26-12-17/h4-9,11-15H,10H2,1-3H3,(H,27,28,29)/t14-,15?/m1/s1. The Labute approximate surface area is 169 Å². The number of aromatic nitrogens is 6. The summed E-state index contributed by atoms with van der Waals surface area (Å²) < 4.78 is 0. The monoisotopic (exact) mass is 385 g/mol. The molecule has 7 nitrogen and oxygen atoms in total. The molecule has 4 heterocycles. The molecule has 0 saturated carbocycles. The molecule has 2 atom stereocenters. The molecule has 1 unspecified atom stereocenters. The quantitative estimate of drug-likeness (QED) is 0.536. The molecule has 0 radical (unpaired) electrons. The van der Waals surface area contributed by atoms with Crippen molar-refractivity contribution >= 4 is 16.9 Å². The molecule has 0 aliphatic carbocycles. The van der Waals surface area contributed by atoms with Gasteiger partial charge in [-0.05, 0) is 42.5 Å². The van der Waals surface area contributed by atoms with E-state index in [4.69, 9.17) is 0 Å². The number of nitrogens with one attached hydrogen (secondary N) is 1. The fraction of sp³-hybridized carbons (Fsp3) is 0.273. The zero-order chi connectivity index (χ0) is 20.2. The Morgan fingerprint density at radius 1 is 0.931 bits per heavy atom. The van der Waals surface area contributed by atoms with Crippen LogP contribution in [-0.4, -0.2) is 36.4 Å². The van der Waals surface area contributed by atoms with E-state index in [0.717, 1.165) is 40.5 Å². The lowest BCUT2D eigenvalue weighted by atomic mass is 9.88. The molecule has 0 aliphatic rings. The summed E-state index contributed by atoms with van der Waals surface area (Å²) in [5, 5.41) is 3.44.